The second kappa shape index (κ2) is 10.4. The van der Waals surface area contributed by atoms with Crippen LogP contribution in [-0.2, 0) is 6.18 Å². The molecule has 35 heavy (non-hydrogen) atoms. The number of aromatic carboxylic acids is 1. The molecular formula is C27H23ClF3NO3. The van der Waals surface area contributed by atoms with Gasteiger partial charge in [0.2, 0.25) is 0 Å². The van der Waals surface area contributed by atoms with Crippen LogP contribution >= 0.6 is 11.6 Å². The van der Waals surface area contributed by atoms with E-state index in [0.29, 0.717) is 23.4 Å². The van der Waals surface area contributed by atoms with E-state index in [0.717, 1.165) is 12.1 Å². The van der Waals surface area contributed by atoms with Gasteiger partial charge in [-0.2, -0.15) is 13.2 Å². The summed E-state index contributed by atoms with van der Waals surface area (Å²) in [5, 5.41) is 8.91. The number of allylic oxidation sites excluding steroid dienone is 1. The number of carboxylic acids is 1. The molecule has 1 unspecified atom stereocenters. The summed E-state index contributed by atoms with van der Waals surface area (Å²) in [6, 6.07) is 16.1. The van der Waals surface area contributed by atoms with E-state index >= 15 is 0 Å². The van der Waals surface area contributed by atoms with Gasteiger partial charge in [0.1, 0.15) is 0 Å². The zero-order valence-electron chi connectivity index (χ0n) is 19.1. The van der Waals surface area contributed by atoms with E-state index in [9.17, 15) is 27.9 Å². The van der Waals surface area contributed by atoms with Crippen molar-refractivity contribution in [2.75, 3.05) is 4.90 Å². The normalized spacial score (nSPS) is 12.2. The van der Waals surface area contributed by atoms with E-state index in [4.69, 9.17) is 11.6 Å². The summed E-state index contributed by atoms with van der Waals surface area (Å²) in [5.74, 6) is -1.99. The number of ketones is 1. The van der Waals surface area contributed by atoms with Gasteiger partial charge in [-0.05, 0) is 55.8 Å². The summed E-state index contributed by atoms with van der Waals surface area (Å²) in [4.78, 5) is 26.5. The molecule has 0 amide bonds. The molecule has 0 aromatic heterocycles. The number of anilines is 2. The Morgan fingerprint density at radius 3 is 2.23 bits per heavy atom. The molecule has 1 N–H and O–H groups in total. The predicted octanol–water partition coefficient (Wildman–Crippen LogP) is 7.89. The molecular weight excluding hydrogens is 479 g/mol. The number of halogens is 4. The van der Waals surface area contributed by atoms with Gasteiger partial charge in [0, 0.05) is 28.6 Å². The Hall–Kier alpha value is -3.58. The second-order valence-corrected chi connectivity index (χ2v) is 8.37. The molecule has 0 saturated heterocycles. The number of rotatable bonds is 8. The molecule has 3 aromatic carbocycles. The van der Waals surface area contributed by atoms with Crippen LogP contribution in [0.5, 0.6) is 0 Å². The first-order valence-electron chi connectivity index (χ1n) is 10.8. The predicted molar refractivity (Wildman–Crippen MR) is 132 cm³/mol. The largest absolute Gasteiger partial charge is 0.478 e. The maximum absolute atomic E-state index is 13.6. The van der Waals surface area contributed by atoms with Crippen LogP contribution in [0.4, 0.5) is 24.5 Å². The van der Waals surface area contributed by atoms with Gasteiger partial charge in [0.15, 0.2) is 5.78 Å². The van der Waals surface area contributed by atoms with E-state index in [-0.39, 0.29) is 22.2 Å². The average Bonchev–Trinajstić information content (AvgIpc) is 2.83. The van der Waals surface area contributed by atoms with Crippen molar-refractivity contribution >= 4 is 40.3 Å². The highest BCUT2D eigenvalue weighted by molar-refractivity contribution is 6.39. The van der Waals surface area contributed by atoms with Gasteiger partial charge >= 0.3 is 12.1 Å². The Kier molecular flexibility index (Phi) is 7.70. The molecule has 1 atom stereocenters. The zero-order valence-corrected chi connectivity index (χ0v) is 19.8. The Morgan fingerprint density at radius 2 is 1.66 bits per heavy atom. The SMILES string of the molecule is C=C(C(=O)c1c(Cl)cccc1C(F)(F)F)c1ccccc1N(c1ccc(C(=O)O)cc1)C(C)CC. The maximum atomic E-state index is 13.6. The van der Waals surface area contributed by atoms with Gasteiger partial charge < -0.3 is 10.0 Å². The molecule has 3 rings (SSSR count). The van der Waals surface area contributed by atoms with Crippen LogP contribution in [0.15, 0.2) is 73.3 Å². The van der Waals surface area contributed by atoms with Crippen LogP contribution < -0.4 is 4.90 Å². The molecule has 8 heteroatoms. The lowest BCUT2D eigenvalue weighted by Crippen LogP contribution is -2.29. The third-order valence-electron chi connectivity index (χ3n) is 5.73. The van der Waals surface area contributed by atoms with E-state index in [1.165, 1.54) is 18.2 Å². The average molecular weight is 502 g/mol. The number of Topliss-reactive ketones (excluding diaryl/α,β-unsaturated/α-hetero) is 1. The third kappa shape index (κ3) is 5.41. The summed E-state index contributed by atoms with van der Waals surface area (Å²) in [5.41, 5.74) is -0.263. The zero-order chi connectivity index (χ0) is 25.9. The number of carbonyl (C=O) groups is 2. The summed E-state index contributed by atoms with van der Waals surface area (Å²) < 4.78 is 40.9. The lowest BCUT2D eigenvalue weighted by Gasteiger charge is -2.33. The standard InChI is InChI=1S/C27H23ClF3NO3/c1-4-16(2)32(19-14-12-18(13-15-19)26(34)35)23-11-6-5-8-20(23)17(3)25(33)24-21(27(29,30)31)9-7-10-22(24)28/h5-16H,3-4H2,1-2H3,(H,34,35). The molecule has 0 fully saturated rings. The van der Waals surface area contributed by atoms with Crippen molar-refractivity contribution in [3.05, 3.63) is 101 Å². The minimum atomic E-state index is -4.77. The molecule has 0 saturated carbocycles. The van der Waals surface area contributed by atoms with Crippen molar-refractivity contribution in [1.82, 2.24) is 0 Å². The van der Waals surface area contributed by atoms with Crippen molar-refractivity contribution in [2.24, 2.45) is 0 Å². The summed E-state index contributed by atoms with van der Waals surface area (Å²) in [6.07, 6.45) is -4.08. The van der Waals surface area contributed by atoms with Gasteiger partial charge in [0.05, 0.1) is 21.7 Å². The number of carboxylic acid groups (broad SMARTS) is 1. The maximum Gasteiger partial charge on any atom is 0.417 e. The molecule has 0 heterocycles. The Balaban J connectivity index is 2.13. The molecule has 0 bridgehead atoms. The van der Waals surface area contributed by atoms with Crippen LogP contribution in [0.3, 0.4) is 0 Å². The van der Waals surface area contributed by atoms with Crippen molar-refractivity contribution < 1.29 is 27.9 Å². The topological polar surface area (TPSA) is 57.6 Å². The fraction of sp³-hybridized carbons (Fsp3) is 0.185. The number of benzene rings is 3. The quantitative estimate of drug-likeness (QED) is 0.252. The smallest absolute Gasteiger partial charge is 0.417 e. The number of para-hydroxylation sites is 1. The molecule has 4 nitrogen and oxygen atoms in total. The van der Waals surface area contributed by atoms with E-state index < -0.39 is 29.1 Å². The minimum absolute atomic E-state index is 0.0965. The fourth-order valence-corrected chi connectivity index (χ4v) is 4.04. The van der Waals surface area contributed by atoms with E-state index in [1.54, 1.807) is 36.4 Å². The van der Waals surface area contributed by atoms with Gasteiger partial charge in [-0.25, -0.2) is 4.79 Å². The first-order chi connectivity index (χ1) is 16.5. The van der Waals surface area contributed by atoms with E-state index in [1.807, 2.05) is 18.7 Å². The molecule has 0 spiro atoms. The minimum Gasteiger partial charge on any atom is -0.478 e. The monoisotopic (exact) mass is 501 g/mol. The Bertz CT molecular complexity index is 1270. The first kappa shape index (κ1) is 26.0. The van der Waals surface area contributed by atoms with Crippen molar-refractivity contribution in [2.45, 2.75) is 32.5 Å². The Morgan fingerprint density at radius 1 is 1.03 bits per heavy atom. The van der Waals surface area contributed by atoms with Crippen LogP contribution in [0.2, 0.25) is 5.02 Å². The van der Waals surface area contributed by atoms with Crippen molar-refractivity contribution in [3.63, 3.8) is 0 Å². The van der Waals surface area contributed by atoms with Gasteiger partial charge in [-0.3, -0.25) is 4.79 Å². The second-order valence-electron chi connectivity index (χ2n) is 7.96. The number of nitrogens with zero attached hydrogens (tertiary/aromatic N) is 1. The third-order valence-corrected chi connectivity index (χ3v) is 6.05. The number of carbonyl (C=O) groups excluding carboxylic acids is 1. The van der Waals surface area contributed by atoms with Crippen LogP contribution in [0.25, 0.3) is 5.57 Å². The first-order valence-corrected chi connectivity index (χ1v) is 11.2. The number of alkyl halides is 3. The molecule has 0 radical (unpaired) electrons. The number of hydrogen-bond acceptors (Lipinski definition) is 3. The summed E-state index contributed by atoms with van der Waals surface area (Å²) >= 11 is 6.05. The molecule has 0 aliphatic heterocycles. The van der Waals surface area contributed by atoms with Gasteiger partial charge in [0.25, 0.3) is 0 Å². The van der Waals surface area contributed by atoms with Crippen LogP contribution in [0, 0.1) is 0 Å². The summed E-state index contributed by atoms with van der Waals surface area (Å²) in [6.45, 7) is 7.76. The molecule has 0 aliphatic rings. The highest BCUT2D eigenvalue weighted by Crippen LogP contribution is 2.40. The van der Waals surface area contributed by atoms with Gasteiger partial charge in [-0.15, -0.1) is 0 Å². The molecule has 3 aromatic rings. The summed E-state index contributed by atoms with van der Waals surface area (Å²) in [7, 11) is 0. The molecule has 182 valence electrons. The van der Waals surface area contributed by atoms with Gasteiger partial charge in [-0.1, -0.05) is 49.4 Å². The van der Waals surface area contributed by atoms with Crippen molar-refractivity contribution in [1.29, 1.82) is 0 Å². The highest BCUT2D eigenvalue weighted by atomic mass is 35.5. The molecule has 0 aliphatic carbocycles. The lowest BCUT2D eigenvalue weighted by atomic mass is 9.92. The van der Waals surface area contributed by atoms with Crippen molar-refractivity contribution in [3.8, 4) is 0 Å². The Labute approximate surface area is 206 Å². The lowest BCUT2D eigenvalue weighted by molar-refractivity contribution is -0.137. The van der Waals surface area contributed by atoms with Crippen LogP contribution in [0.1, 0.15) is 52.1 Å². The van der Waals surface area contributed by atoms with E-state index in [2.05, 4.69) is 6.58 Å². The fourth-order valence-electron chi connectivity index (χ4n) is 3.78. The van der Waals surface area contributed by atoms with Crippen LogP contribution in [-0.4, -0.2) is 22.9 Å². The highest BCUT2D eigenvalue weighted by Gasteiger charge is 2.37. The number of hydrogen-bond donors (Lipinski definition) is 1.